The third kappa shape index (κ3) is 5.38. The van der Waals surface area contributed by atoms with E-state index in [0.717, 1.165) is 22.5 Å². The molecule has 0 spiro atoms. The van der Waals surface area contributed by atoms with Gasteiger partial charge in [0.05, 0.1) is 17.8 Å². The zero-order valence-corrected chi connectivity index (χ0v) is 18.3. The molecule has 0 fully saturated rings. The molecule has 4 N–H and O–H groups in total. The Bertz CT molecular complexity index is 1250. The van der Waals surface area contributed by atoms with Crippen molar-refractivity contribution in [3.05, 3.63) is 101 Å². The van der Waals surface area contributed by atoms with Crippen LogP contribution in [0.1, 0.15) is 22.7 Å². The normalized spacial score (nSPS) is 12.6. The lowest BCUT2D eigenvalue weighted by Crippen LogP contribution is -2.87. The number of amides is 1. The maximum absolute atomic E-state index is 13.5. The first-order chi connectivity index (χ1) is 15.8. The number of fused-ring (bicyclic) bond motifs is 1. The monoisotopic (exact) mass is 472 g/mol. The topological polar surface area (TPSA) is 61.5 Å². The molecule has 1 heterocycles. The minimum atomic E-state index is -4.64. The highest BCUT2D eigenvalue weighted by Crippen LogP contribution is 2.36. The summed E-state index contributed by atoms with van der Waals surface area (Å²) in [6.45, 7) is 0.571. The van der Waals surface area contributed by atoms with Crippen molar-refractivity contribution < 1.29 is 23.3 Å². The van der Waals surface area contributed by atoms with E-state index in [9.17, 15) is 18.0 Å². The molecule has 1 atom stereocenters. The van der Waals surface area contributed by atoms with E-state index < -0.39 is 23.7 Å². The summed E-state index contributed by atoms with van der Waals surface area (Å²) in [5, 5.41) is 5.37. The van der Waals surface area contributed by atoms with Crippen molar-refractivity contribution in [3.8, 4) is 0 Å². The Kier molecular flexibility index (Phi) is 6.72. The number of para-hydroxylation sites is 1. The molecule has 0 aliphatic carbocycles. The zero-order chi connectivity index (χ0) is 23.4. The number of carbonyl (C=O) groups excluding carboxylic acids is 1. The van der Waals surface area contributed by atoms with Crippen LogP contribution in [-0.2, 0) is 17.4 Å². The van der Waals surface area contributed by atoms with Crippen LogP contribution in [0.15, 0.2) is 79.0 Å². The third-order valence-electron chi connectivity index (χ3n) is 5.48. The molecular weight excluding hydrogens is 451 g/mol. The second kappa shape index (κ2) is 9.68. The van der Waals surface area contributed by atoms with Crippen molar-refractivity contribution >= 4 is 34.1 Å². The minimum Gasteiger partial charge on any atom is -0.361 e. The Balaban J connectivity index is 1.53. The lowest BCUT2D eigenvalue weighted by Gasteiger charge is -2.18. The molecule has 0 saturated carbocycles. The number of halogens is 4. The summed E-state index contributed by atoms with van der Waals surface area (Å²) in [7, 11) is 0. The van der Waals surface area contributed by atoms with Crippen LogP contribution in [0.5, 0.6) is 0 Å². The highest BCUT2D eigenvalue weighted by Gasteiger charge is 2.35. The van der Waals surface area contributed by atoms with Crippen LogP contribution in [0.4, 0.5) is 18.9 Å². The standard InChI is InChI=1S/C25H21ClF3N3O/c26-18-10-11-22(20(14-18)25(27,28)29)32-24(33)23(16-6-2-1-3-7-16)30-13-12-17-15-31-21-9-5-4-8-19(17)21/h1-11,14-15,23,30-31H,12-13H2,(H,32,33)/p+1/t23-/m0/s1. The van der Waals surface area contributed by atoms with Gasteiger partial charge in [0.1, 0.15) is 0 Å². The van der Waals surface area contributed by atoms with Gasteiger partial charge in [0.15, 0.2) is 6.04 Å². The number of H-pyrrole nitrogens is 1. The van der Waals surface area contributed by atoms with E-state index in [1.165, 1.54) is 12.1 Å². The van der Waals surface area contributed by atoms with Gasteiger partial charge in [0.25, 0.3) is 5.91 Å². The van der Waals surface area contributed by atoms with E-state index in [-0.39, 0.29) is 10.7 Å². The lowest BCUT2D eigenvalue weighted by atomic mass is 10.0. The largest absolute Gasteiger partial charge is 0.418 e. The Morgan fingerprint density at radius 2 is 1.76 bits per heavy atom. The fourth-order valence-electron chi connectivity index (χ4n) is 3.87. The first kappa shape index (κ1) is 22.9. The van der Waals surface area contributed by atoms with Crippen LogP contribution in [0.2, 0.25) is 5.02 Å². The van der Waals surface area contributed by atoms with Crippen LogP contribution in [0.3, 0.4) is 0 Å². The second-order valence-corrected chi connectivity index (χ2v) is 8.14. The summed E-state index contributed by atoms with van der Waals surface area (Å²) < 4.78 is 40.4. The molecule has 33 heavy (non-hydrogen) atoms. The average Bonchev–Trinajstić information content (AvgIpc) is 3.21. The number of hydrogen-bond donors (Lipinski definition) is 3. The van der Waals surface area contributed by atoms with Crippen LogP contribution >= 0.6 is 11.6 Å². The van der Waals surface area contributed by atoms with Gasteiger partial charge in [0.2, 0.25) is 0 Å². The lowest BCUT2D eigenvalue weighted by molar-refractivity contribution is -0.682. The Morgan fingerprint density at radius 1 is 1.03 bits per heavy atom. The predicted molar refractivity (Wildman–Crippen MR) is 123 cm³/mol. The Labute approximate surface area is 193 Å². The fourth-order valence-corrected chi connectivity index (χ4v) is 4.04. The summed E-state index contributed by atoms with van der Waals surface area (Å²) in [6, 6.07) is 19.5. The highest BCUT2D eigenvalue weighted by atomic mass is 35.5. The SMILES string of the molecule is O=C(Nc1ccc(Cl)cc1C(F)(F)F)[C@@H]([NH2+]CCc1c[nH]c2ccccc12)c1ccccc1. The molecule has 4 nitrogen and oxygen atoms in total. The zero-order valence-electron chi connectivity index (χ0n) is 17.5. The van der Waals surface area contributed by atoms with Gasteiger partial charge >= 0.3 is 6.18 Å². The predicted octanol–water partition coefficient (Wildman–Crippen LogP) is 5.33. The number of quaternary nitrogens is 1. The molecule has 0 saturated heterocycles. The number of nitrogens with two attached hydrogens (primary N) is 1. The molecule has 8 heteroatoms. The molecule has 0 bridgehead atoms. The molecular formula is C25H22ClF3N3O+. The first-order valence-corrected chi connectivity index (χ1v) is 10.8. The van der Waals surface area contributed by atoms with E-state index in [4.69, 9.17) is 11.6 Å². The fraction of sp³-hybridized carbons (Fsp3) is 0.160. The average molecular weight is 473 g/mol. The van der Waals surface area contributed by atoms with Crippen LogP contribution in [0, 0.1) is 0 Å². The van der Waals surface area contributed by atoms with Crippen molar-refractivity contribution in [2.24, 2.45) is 0 Å². The first-order valence-electron chi connectivity index (χ1n) is 10.4. The number of carbonyl (C=O) groups is 1. The van der Waals surface area contributed by atoms with E-state index >= 15 is 0 Å². The Hall–Kier alpha value is -3.29. The number of alkyl halides is 3. The van der Waals surface area contributed by atoms with Crippen molar-refractivity contribution in [1.82, 2.24) is 4.98 Å². The summed E-state index contributed by atoms with van der Waals surface area (Å²) >= 11 is 5.76. The molecule has 170 valence electrons. The molecule has 4 rings (SSSR count). The van der Waals surface area contributed by atoms with E-state index in [1.807, 2.05) is 41.8 Å². The molecule has 3 aromatic carbocycles. The molecule has 0 aliphatic rings. The number of nitrogens with one attached hydrogen (secondary N) is 2. The smallest absolute Gasteiger partial charge is 0.361 e. The number of anilines is 1. The number of rotatable bonds is 7. The number of aromatic amines is 1. The van der Waals surface area contributed by atoms with Crippen LogP contribution in [0.25, 0.3) is 10.9 Å². The van der Waals surface area contributed by atoms with E-state index in [2.05, 4.69) is 10.3 Å². The summed E-state index contributed by atoms with van der Waals surface area (Å²) in [5.41, 5.74) is 1.56. The van der Waals surface area contributed by atoms with Gasteiger partial charge in [-0.05, 0) is 29.8 Å². The maximum atomic E-state index is 13.5. The van der Waals surface area contributed by atoms with Gasteiger partial charge in [-0.3, -0.25) is 4.79 Å². The van der Waals surface area contributed by atoms with E-state index in [0.29, 0.717) is 18.5 Å². The van der Waals surface area contributed by atoms with Crippen molar-refractivity contribution in [2.45, 2.75) is 18.6 Å². The quantitative estimate of drug-likeness (QED) is 0.334. The Morgan fingerprint density at radius 3 is 2.52 bits per heavy atom. The molecule has 0 aliphatic heterocycles. The molecule has 1 aromatic heterocycles. The second-order valence-electron chi connectivity index (χ2n) is 7.70. The van der Waals surface area contributed by atoms with Gasteiger partial charge < -0.3 is 15.6 Å². The van der Waals surface area contributed by atoms with Crippen molar-refractivity contribution in [3.63, 3.8) is 0 Å². The molecule has 4 aromatic rings. The van der Waals surface area contributed by atoms with Gasteiger partial charge in [-0.25, -0.2) is 0 Å². The number of hydrogen-bond acceptors (Lipinski definition) is 1. The van der Waals surface area contributed by atoms with Gasteiger partial charge in [-0.2, -0.15) is 13.2 Å². The molecule has 0 radical (unpaired) electrons. The van der Waals surface area contributed by atoms with Crippen molar-refractivity contribution in [2.75, 3.05) is 11.9 Å². The number of aromatic nitrogens is 1. The van der Waals surface area contributed by atoms with E-state index in [1.54, 1.807) is 24.3 Å². The molecule has 0 unspecified atom stereocenters. The summed E-state index contributed by atoms with van der Waals surface area (Å²) in [6.07, 6.45) is -2.01. The maximum Gasteiger partial charge on any atom is 0.418 e. The highest BCUT2D eigenvalue weighted by molar-refractivity contribution is 6.30. The van der Waals surface area contributed by atoms with Crippen LogP contribution < -0.4 is 10.6 Å². The summed E-state index contributed by atoms with van der Waals surface area (Å²) in [5.74, 6) is -0.534. The minimum absolute atomic E-state index is 0.0507. The number of benzene rings is 3. The third-order valence-corrected chi connectivity index (χ3v) is 5.71. The van der Waals surface area contributed by atoms with Crippen molar-refractivity contribution in [1.29, 1.82) is 0 Å². The van der Waals surface area contributed by atoms with Gasteiger partial charge in [-0.1, -0.05) is 60.1 Å². The molecule has 1 amide bonds. The van der Waals surface area contributed by atoms with Gasteiger partial charge in [-0.15, -0.1) is 0 Å². The summed E-state index contributed by atoms with van der Waals surface area (Å²) in [4.78, 5) is 16.4. The van der Waals surface area contributed by atoms with Crippen LogP contribution in [-0.4, -0.2) is 17.4 Å². The van der Waals surface area contributed by atoms with Gasteiger partial charge in [0, 0.05) is 34.1 Å².